The first-order chi connectivity index (χ1) is 9.11. The highest BCUT2D eigenvalue weighted by atomic mass is 15.0. The summed E-state index contributed by atoms with van der Waals surface area (Å²) in [6.45, 7) is 8.71. The van der Waals surface area contributed by atoms with Gasteiger partial charge in [0.05, 0.1) is 5.52 Å². The lowest BCUT2D eigenvalue weighted by molar-refractivity contribution is 0.591. The summed E-state index contributed by atoms with van der Waals surface area (Å²) in [6, 6.07) is 4.82. The third kappa shape index (κ3) is 1.99. The molecule has 0 saturated heterocycles. The van der Waals surface area contributed by atoms with Crippen molar-refractivity contribution in [2.45, 2.75) is 46.6 Å². The second-order valence-electron chi connectivity index (χ2n) is 6.16. The Balaban J connectivity index is 2.17. The highest BCUT2D eigenvalue weighted by Crippen LogP contribution is 2.33. The zero-order valence-corrected chi connectivity index (χ0v) is 12.3. The summed E-state index contributed by atoms with van der Waals surface area (Å²) < 4.78 is 2.51. The van der Waals surface area contributed by atoms with Crippen molar-refractivity contribution in [3.63, 3.8) is 0 Å². The maximum absolute atomic E-state index is 5.77. The Hall–Kier alpha value is -1.28. The van der Waals surface area contributed by atoms with E-state index in [9.17, 15) is 0 Å². The van der Waals surface area contributed by atoms with Crippen LogP contribution in [0.15, 0.2) is 12.1 Å². The summed E-state index contributed by atoms with van der Waals surface area (Å²) in [4.78, 5) is 0. The van der Waals surface area contributed by atoms with Crippen molar-refractivity contribution < 1.29 is 0 Å². The molecule has 19 heavy (non-hydrogen) atoms. The van der Waals surface area contributed by atoms with E-state index in [1.165, 1.54) is 47.1 Å². The number of benzene rings is 1. The number of hydrogen-bond donors (Lipinski definition) is 1. The summed E-state index contributed by atoms with van der Waals surface area (Å²) in [5.41, 5.74) is 13.2. The molecule has 1 aromatic carbocycles. The second kappa shape index (κ2) is 4.68. The molecule has 0 aliphatic carbocycles. The van der Waals surface area contributed by atoms with Gasteiger partial charge in [-0.05, 0) is 68.3 Å². The maximum atomic E-state index is 5.77. The first-order valence-corrected chi connectivity index (χ1v) is 7.43. The molecule has 0 bridgehead atoms. The third-order valence-corrected chi connectivity index (χ3v) is 4.68. The lowest BCUT2D eigenvalue weighted by Gasteiger charge is -2.18. The van der Waals surface area contributed by atoms with E-state index in [1.54, 1.807) is 5.56 Å². The van der Waals surface area contributed by atoms with Crippen LogP contribution in [0.5, 0.6) is 0 Å². The number of aryl methyl sites for hydroxylation is 3. The van der Waals surface area contributed by atoms with Gasteiger partial charge < -0.3 is 10.3 Å². The van der Waals surface area contributed by atoms with Gasteiger partial charge in [0, 0.05) is 17.6 Å². The third-order valence-electron chi connectivity index (χ3n) is 4.68. The van der Waals surface area contributed by atoms with Gasteiger partial charge in [-0.15, -0.1) is 0 Å². The van der Waals surface area contributed by atoms with Gasteiger partial charge in [-0.3, -0.25) is 0 Å². The van der Waals surface area contributed by atoms with Crippen molar-refractivity contribution >= 4 is 10.9 Å². The second-order valence-corrected chi connectivity index (χ2v) is 6.16. The van der Waals surface area contributed by atoms with Crippen LogP contribution in [0.1, 0.15) is 35.7 Å². The molecule has 0 saturated carbocycles. The van der Waals surface area contributed by atoms with Crippen molar-refractivity contribution in [3.8, 4) is 0 Å². The molecule has 2 heterocycles. The van der Waals surface area contributed by atoms with Gasteiger partial charge in [-0.2, -0.15) is 0 Å². The Morgan fingerprint density at radius 3 is 2.84 bits per heavy atom. The number of hydrogen-bond acceptors (Lipinski definition) is 1. The van der Waals surface area contributed by atoms with Crippen LogP contribution in [0.2, 0.25) is 0 Å². The SMILES string of the molecule is Cc1c(C)n2c3c(cc(CC(C)CN)cc13)CCC2. The van der Waals surface area contributed by atoms with Crippen LogP contribution in [0.3, 0.4) is 0 Å². The van der Waals surface area contributed by atoms with Gasteiger partial charge in [-0.1, -0.05) is 13.0 Å². The monoisotopic (exact) mass is 256 g/mol. The van der Waals surface area contributed by atoms with Gasteiger partial charge >= 0.3 is 0 Å². The fourth-order valence-corrected chi connectivity index (χ4v) is 3.43. The molecule has 1 unspecified atom stereocenters. The molecule has 2 N–H and O–H groups in total. The lowest BCUT2D eigenvalue weighted by Crippen LogP contribution is -2.14. The molecule has 1 aliphatic rings. The minimum absolute atomic E-state index is 0.566. The van der Waals surface area contributed by atoms with Crippen molar-refractivity contribution in [2.75, 3.05) is 6.54 Å². The van der Waals surface area contributed by atoms with Crippen LogP contribution in [-0.4, -0.2) is 11.1 Å². The van der Waals surface area contributed by atoms with Crippen molar-refractivity contribution in [3.05, 3.63) is 34.5 Å². The smallest absolute Gasteiger partial charge is 0.0517 e. The normalized spacial score (nSPS) is 16.0. The fraction of sp³-hybridized carbons (Fsp3) is 0.529. The van der Waals surface area contributed by atoms with Crippen molar-refractivity contribution in [2.24, 2.45) is 11.7 Å². The van der Waals surface area contributed by atoms with Gasteiger partial charge in [-0.25, -0.2) is 0 Å². The maximum Gasteiger partial charge on any atom is 0.0517 e. The molecule has 0 fully saturated rings. The predicted octanol–water partition coefficient (Wildman–Crippen LogP) is 3.34. The van der Waals surface area contributed by atoms with Crippen LogP contribution in [0, 0.1) is 19.8 Å². The Kier molecular flexibility index (Phi) is 3.14. The summed E-state index contributed by atoms with van der Waals surface area (Å²) in [7, 11) is 0. The van der Waals surface area contributed by atoms with Crippen LogP contribution in [-0.2, 0) is 19.4 Å². The molecular formula is C17H24N2. The minimum Gasteiger partial charge on any atom is -0.344 e. The Morgan fingerprint density at radius 2 is 2.11 bits per heavy atom. The van der Waals surface area contributed by atoms with E-state index >= 15 is 0 Å². The molecule has 2 aromatic rings. The number of nitrogens with zero attached hydrogens (tertiary/aromatic N) is 1. The molecule has 3 rings (SSSR count). The van der Waals surface area contributed by atoms with Crippen molar-refractivity contribution in [1.82, 2.24) is 4.57 Å². The van der Waals surface area contributed by atoms with E-state index in [0.29, 0.717) is 5.92 Å². The molecule has 1 atom stereocenters. The summed E-state index contributed by atoms with van der Waals surface area (Å²) >= 11 is 0. The summed E-state index contributed by atoms with van der Waals surface area (Å²) in [5.74, 6) is 0.566. The van der Waals surface area contributed by atoms with E-state index in [-0.39, 0.29) is 0 Å². The average molecular weight is 256 g/mol. The summed E-state index contributed by atoms with van der Waals surface area (Å²) in [6.07, 6.45) is 3.60. The molecule has 2 heteroatoms. The lowest BCUT2D eigenvalue weighted by atomic mass is 9.94. The molecule has 1 aromatic heterocycles. The van der Waals surface area contributed by atoms with Gasteiger partial charge in [0.25, 0.3) is 0 Å². The first-order valence-electron chi connectivity index (χ1n) is 7.43. The molecule has 2 nitrogen and oxygen atoms in total. The molecule has 0 amide bonds. The Morgan fingerprint density at radius 1 is 1.32 bits per heavy atom. The Bertz CT molecular complexity index is 622. The number of nitrogens with two attached hydrogens (primary N) is 1. The van der Waals surface area contributed by atoms with E-state index in [2.05, 4.69) is 37.5 Å². The largest absolute Gasteiger partial charge is 0.344 e. The highest BCUT2D eigenvalue weighted by Gasteiger charge is 2.19. The van der Waals surface area contributed by atoms with E-state index < -0.39 is 0 Å². The topological polar surface area (TPSA) is 30.9 Å². The summed E-state index contributed by atoms with van der Waals surface area (Å²) in [5, 5.41) is 1.47. The predicted molar refractivity (Wildman–Crippen MR) is 81.7 cm³/mol. The first kappa shape index (κ1) is 12.7. The van der Waals surface area contributed by atoms with Crippen LogP contribution in [0.4, 0.5) is 0 Å². The standard InChI is InChI=1S/C17H24N2/c1-11(10-18)7-14-8-15-5-4-6-19-13(3)12(2)16(9-14)17(15)19/h8-9,11H,4-7,10,18H2,1-3H3. The average Bonchev–Trinajstić information content (AvgIpc) is 2.66. The van der Waals surface area contributed by atoms with E-state index in [0.717, 1.165) is 13.0 Å². The number of aromatic nitrogens is 1. The molecule has 0 radical (unpaired) electrons. The van der Waals surface area contributed by atoms with Crippen LogP contribution < -0.4 is 5.73 Å². The van der Waals surface area contributed by atoms with Gasteiger partial charge in [0.15, 0.2) is 0 Å². The number of rotatable bonds is 3. The zero-order valence-electron chi connectivity index (χ0n) is 12.3. The van der Waals surface area contributed by atoms with E-state index in [1.807, 2.05) is 0 Å². The molecule has 102 valence electrons. The quantitative estimate of drug-likeness (QED) is 0.897. The van der Waals surface area contributed by atoms with E-state index in [4.69, 9.17) is 5.73 Å². The van der Waals surface area contributed by atoms with Gasteiger partial charge in [0.1, 0.15) is 0 Å². The molecular weight excluding hydrogens is 232 g/mol. The molecule has 0 spiro atoms. The highest BCUT2D eigenvalue weighted by molar-refractivity contribution is 5.89. The minimum atomic E-state index is 0.566. The van der Waals surface area contributed by atoms with Crippen molar-refractivity contribution in [1.29, 1.82) is 0 Å². The zero-order chi connectivity index (χ0) is 13.6. The fourth-order valence-electron chi connectivity index (χ4n) is 3.43. The Labute approximate surface area is 115 Å². The van der Waals surface area contributed by atoms with Gasteiger partial charge in [0.2, 0.25) is 0 Å². The van der Waals surface area contributed by atoms with Crippen LogP contribution in [0.25, 0.3) is 10.9 Å². The van der Waals surface area contributed by atoms with Crippen LogP contribution >= 0.6 is 0 Å². The molecule has 1 aliphatic heterocycles.